The van der Waals surface area contributed by atoms with Gasteiger partial charge in [0.05, 0.1) is 26.9 Å². The number of imide groups is 1. The molecule has 0 aliphatic carbocycles. The Morgan fingerprint density at radius 2 is 1.54 bits per heavy atom. The summed E-state index contributed by atoms with van der Waals surface area (Å²) in [5, 5.41) is 2.25. The lowest BCUT2D eigenvalue weighted by Crippen LogP contribution is -2.46. The first-order valence-corrected chi connectivity index (χ1v) is 8.45. The highest BCUT2D eigenvalue weighted by atomic mass is 16.5. The fourth-order valence-electron chi connectivity index (χ4n) is 2.98. The number of methoxy groups -OCH3 is 3. The molecule has 1 saturated heterocycles. The molecule has 144 valence electrons. The molecule has 0 saturated carbocycles. The molecule has 1 heterocycles. The first-order chi connectivity index (χ1) is 13.5. The van der Waals surface area contributed by atoms with Gasteiger partial charge in [-0.3, -0.25) is 19.7 Å². The van der Waals surface area contributed by atoms with Crippen molar-refractivity contribution in [3.05, 3.63) is 59.2 Å². The number of rotatable bonds is 5. The van der Waals surface area contributed by atoms with Gasteiger partial charge in [-0.15, -0.1) is 0 Å². The molecule has 28 heavy (non-hydrogen) atoms. The largest absolute Gasteiger partial charge is 0.497 e. The Morgan fingerprint density at radius 3 is 2.14 bits per heavy atom. The van der Waals surface area contributed by atoms with E-state index < -0.39 is 23.5 Å². The minimum atomic E-state index is -1.10. The number of hydrogen-bond donors (Lipinski definition) is 1. The lowest BCUT2D eigenvalue weighted by Gasteiger charge is -2.22. The zero-order chi connectivity index (χ0) is 20.3. The minimum absolute atomic E-state index is 0.104. The molecule has 7 heteroatoms. The van der Waals surface area contributed by atoms with E-state index in [4.69, 9.17) is 14.2 Å². The fourth-order valence-corrected chi connectivity index (χ4v) is 2.98. The van der Waals surface area contributed by atoms with Gasteiger partial charge in [-0.2, -0.15) is 0 Å². The lowest BCUT2D eigenvalue weighted by molar-refractivity contribution is -0.136. The van der Waals surface area contributed by atoms with Gasteiger partial charge in [0.2, 0.25) is 5.91 Å². The van der Waals surface area contributed by atoms with Gasteiger partial charge < -0.3 is 14.2 Å². The van der Waals surface area contributed by atoms with E-state index in [-0.39, 0.29) is 5.57 Å². The maximum Gasteiger partial charge on any atom is 0.261 e. The summed E-state index contributed by atoms with van der Waals surface area (Å²) in [5.41, 5.74) is 0.945. The van der Waals surface area contributed by atoms with Gasteiger partial charge in [-0.1, -0.05) is 18.2 Å². The van der Waals surface area contributed by atoms with Crippen LogP contribution in [-0.4, -0.2) is 38.9 Å². The summed E-state index contributed by atoms with van der Waals surface area (Å²) in [5.74, 6) is -1.45. The molecule has 2 amide bonds. The number of nitrogens with one attached hydrogen (secondary N) is 1. The second kappa shape index (κ2) is 7.96. The Hall–Kier alpha value is -3.61. The van der Waals surface area contributed by atoms with Gasteiger partial charge in [0, 0.05) is 0 Å². The molecule has 2 aromatic carbocycles. The van der Waals surface area contributed by atoms with Crippen molar-refractivity contribution in [2.24, 2.45) is 0 Å². The van der Waals surface area contributed by atoms with Crippen LogP contribution in [0.5, 0.6) is 17.2 Å². The number of Topliss-reactive ketones (excluding diaryl/α,β-unsaturated/α-hetero) is 1. The molecule has 1 atom stereocenters. The molecule has 0 unspecified atom stereocenters. The number of carbonyl (C=O) groups is 3. The minimum Gasteiger partial charge on any atom is -0.497 e. The quantitative estimate of drug-likeness (QED) is 0.369. The number of ether oxygens (including phenoxy) is 3. The van der Waals surface area contributed by atoms with Crippen molar-refractivity contribution < 1.29 is 28.6 Å². The van der Waals surface area contributed by atoms with Crippen LogP contribution < -0.4 is 19.5 Å². The molecular weight excluding hydrogens is 362 g/mol. The van der Waals surface area contributed by atoms with Gasteiger partial charge in [-0.25, -0.2) is 0 Å². The van der Waals surface area contributed by atoms with E-state index in [1.165, 1.54) is 27.4 Å². The van der Waals surface area contributed by atoms with Crippen LogP contribution in [0, 0.1) is 0 Å². The summed E-state index contributed by atoms with van der Waals surface area (Å²) >= 11 is 0. The number of ketones is 1. The predicted molar refractivity (Wildman–Crippen MR) is 101 cm³/mol. The molecule has 1 aliphatic heterocycles. The van der Waals surface area contributed by atoms with Crippen LogP contribution in [0.3, 0.4) is 0 Å². The van der Waals surface area contributed by atoms with E-state index >= 15 is 0 Å². The number of carbonyl (C=O) groups excluding carboxylic acids is 3. The smallest absolute Gasteiger partial charge is 0.261 e. The Morgan fingerprint density at radius 1 is 0.857 bits per heavy atom. The second-order valence-electron chi connectivity index (χ2n) is 6.06. The van der Waals surface area contributed by atoms with Gasteiger partial charge in [0.25, 0.3) is 5.91 Å². The zero-order valence-electron chi connectivity index (χ0n) is 15.6. The third-order valence-corrected chi connectivity index (χ3v) is 4.44. The first kappa shape index (κ1) is 19.2. The summed E-state index contributed by atoms with van der Waals surface area (Å²) in [4.78, 5) is 37.5. The SMILES string of the molecule is COc1ccc([C@@H]2C(=O)NC(=O)/C(=C/c3ccc(OC)c(OC)c3)C2=O)cc1. The Balaban J connectivity index is 1.98. The van der Waals surface area contributed by atoms with Crippen LogP contribution in [0.15, 0.2) is 48.0 Å². The summed E-state index contributed by atoms with van der Waals surface area (Å²) in [6.45, 7) is 0. The van der Waals surface area contributed by atoms with Crippen molar-refractivity contribution in [3.8, 4) is 17.2 Å². The molecule has 1 N–H and O–H groups in total. The average molecular weight is 381 g/mol. The highest BCUT2D eigenvalue weighted by Gasteiger charge is 2.39. The number of piperidine rings is 1. The van der Waals surface area contributed by atoms with Gasteiger partial charge in [0.15, 0.2) is 17.3 Å². The maximum absolute atomic E-state index is 12.9. The van der Waals surface area contributed by atoms with Crippen molar-refractivity contribution in [1.82, 2.24) is 5.32 Å². The van der Waals surface area contributed by atoms with Crippen molar-refractivity contribution in [3.63, 3.8) is 0 Å². The molecule has 0 aromatic heterocycles. The van der Waals surface area contributed by atoms with Crippen molar-refractivity contribution in [2.45, 2.75) is 5.92 Å². The van der Waals surface area contributed by atoms with Gasteiger partial charge >= 0.3 is 0 Å². The standard InChI is InChI=1S/C21H19NO6/c1-26-14-7-5-13(6-8-14)18-19(23)15(20(24)22-21(18)25)10-12-4-9-16(27-2)17(11-12)28-3/h4-11,18H,1-3H3,(H,22,24,25)/b15-10+/t18-/m0/s1. The Bertz CT molecular complexity index is 961. The molecular formula is C21H19NO6. The number of hydrogen-bond acceptors (Lipinski definition) is 6. The Kier molecular flexibility index (Phi) is 5.44. The van der Waals surface area contributed by atoms with Crippen molar-refractivity contribution in [1.29, 1.82) is 0 Å². The average Bonchev–Trinajstić information content (AvgIpc) is 2.71. The van der Waals surface area contributed by atoms with Crippen molar-refractivity contribution >= 4 is 23.7 Å². The zero-order valence-corrected chi connectivity index (χ0v) is 15.6. The van der Waals surface area contributed by atoms with Crippen LogP contribution in [0.4, 0.5) is 0 Å². The number of benzene rings is 2. The molecule has 1 fully saturated rings. The highest BCUT2D eigenvalue weighted by molar-refractivity contribution is 6.36. The second-order valence-corrected chi connectivity index (χ2v) is 6.06. The summed E-state index contributed by atoms with van der Waals surface area (Å²) in [7, 11) is 4.53. The van der Waals surface area contributed by atoms with Crippen LogP contribution in [0.1, 0.15) is 17.0 Å². The molecule has 1 aliphatic rings. The molecule has 0 bridgehead atoms. The molecule has 3 rings (SSSR count). The van der Waals surface area contributed by atoms with E-state index in [1.807, 2.05) is 0 Å². The summed E-state index contributed by atoms with van der Waals surface area (Å²) in [6, 6.07) is 11.6. The maximum atomic E-state index is 12.9. The molecule has 2 aromatic rings. The molecule has 0 radical (unpaired) electrons. The fraction of sp³-hybridized carbons (Fsp3) is 0.190. The van der Waals surface area contributed by atoms with Gasteiger partial charge in [0.1, 0.15) is 11.7 Å². The normalized spacial score (nSPS) is 18.0. The summed E-state index contributed by atoms with van der Waals surface area (Å²) < 4.78 is 15.5. The van der Waals surface area contributed by atoms with E-state index in [0.717, 1.165) is 0 Å². The van der Waals surface area contributed by atoms with Crippen LogP contribution >= 0.6 is 0 Å². The summed E-state index contributed by atoms with van der Waals surface area (Å²) in [6.07, 6.45) is 1.43. The highest BCUT2D eigenvalue weighted by Crippen LogP contribution is 2.31. The predicted octanol–water partition coefficient (Wildman–Crippen LogP) is 2.11. The van der Waals surface area contributed by atoms with Crippen LogP contribution in [0.2, 0.25) is 0 Å². The third-order valence-electron chi connectivity index (χ3n) is 4.44. The van der Waals surface area contributed by atoms with E-state index in [9.17, 15) is 14.4 Å². The van der Waals surface area contributed by atoms with Crippen LogP contribution in [-0.2, 0) is 14.4 Å². The van der Waals surface area contributed by atoms with E-state index in [1.54, 1.807) is 42.5 Å². The van der Waals surface area contributed by atoms with E-state index in [0.29, 0.717) is 28.4 Å². The van der Waals surface area contributed by atoms with Crippen molar-refractivity contribution in [2.75, 3.05) is 21.3 Å². The monoisotopic (exact) mass is 381 g/mol. The molecule has 0 spiro atoms. The van der Waals surface area contributed by atoms with E-state index in [2.05, 4.69) is 5.32 Å². The van der Waals surface area contributed by atoms with Crippen LogP contribution in [0.25, 0.3) is 6.08 Å². The molecule has 7 nitrogen and oxygen atoms in total. The Labute approximate surface area is 161 Å². The topological polar surface area (TPSA) is 90.9 Å². The first-order valence-electron chi connectivity index (χ1n) is 8.45. The number of amides is 2. The third kappa shape index (κ3) is 3.59. The lowest BCUT2D eigenvalue weighted by atomic mass is 9.85. The van der Waals surface area contributed by atoms with Gasteiger partial charge in [-0.05, 0) is 41.5 Å².